The summed E-state index contributed by atoms with van der Waals surface area (Å²) in [6, 6.07) is 12.9. The van der Waals surface area contributed by atoms with Crippen LogP contribution in [0.4, 0.5) is 0 Å². The van der Waals surface area contributed by atoms with Crippen LogP contribution in [0, 0.1) is 5.92 Å². The summed E-state index contributed by atoms with van der Waals surface area (Å²) in [4.78, 5) is 33.1. The van der Waals surface area contributed by atoms with Gasteiger partial charge in [-0.15, -0.1) is 0 Å². The maximum absolute atomic E-state index is 13.3. The number of nitrogens with zero attached hydrogens (tertiary/aromatic N) is 1. The molecule has 3 unspecified atom stereocenters. The number of aromatic amines is 1. The molecule has 8 heteroatoms. The Hall–Kier alpha value is -2.84. The standard InChI is InChI=1S/C26H24BrN3O3S/c27-17-5-8-18-15(10-17)4-7-20(18)21(13-34)25(31)30-22(26(32)33)11-16-12-29-24-19(16)6-3-14-2-1-9-28-23(14)24/h1-3,5-6,8-10,12,20-22,29,34H,4,7,11,13H2,(H,30,31)(H,32,33). The zero-order valence-corrected chi connectivity index (χ0v) is 20.8. The van der Waals surface area contributed by atoms with Crippen molar-refractivity contribution in [2.45, 2.75) is 31.2 Å². The molecule has 1 aliphatic carbocycles. The van der Waals surface area contributed by atoms with Crippen LogP contribution in [0.2, 0.25) is 0 Å². The number of hydrogen-bond donors (Lipinski definition) is 4. The third kappa shape index (κ3) is 4.20. The van der Waals surface area contributed by atoms with Crippen molar-refractivity contribution in [2.75, 3.05) is 5.75 Å². The number of rotatable bonds is 7. The summed E-state index contributed by atoms with van der Waals surface area (Å²) in [7, 11) is 0. The monoisotopic (exact) mass is 537 g/mol. The number of amides is 1. The predicted molar refractivity (Wildman–Crippen MR) is 139 cm³/mol. The molecule has 3 N–H and O–H groups in total. The van der Waals surface area contributed by atoms with Crippen molar-refractivity contribution < 1.29 is 14.7 Å². The van der Waals surface area contributed by atoms with E-state index in [2.05, 4.69) is 56.0 Å². The summed E-state index contributed by atoms with van der Waals surface area (Å²) < 4.78 is 1.02. The van der Waals surface area contributed by atoms with Crippen molar-refractivity contribution in [1.82, 2.24) is 15.3 Å². The SMILES string of the molecule is O=C(O)C(Cc1c[nH]c2c1ccc1cccnc12)NC(=O)C(CS)C1CCc2cc(Br)ccc21. The first-order valence-corrected chi connectivity index (χ1v) is 12.6. The minimum absolute atomic E-state index is 0.0283. The van der Waals surface area contributed by atoms with Crippen LogP contribution in [0.3, 0.4) is 0 Å². The predicted octanol–water partition coefficient (Wildman–Crippen LogP) is 4.87. The number of halogens is 1. The van der Waals surface area contributed by atoms with Crippen LogP contribution >= 0.6 is 28.6 Å². The first kappa shape index (κ1) is 22.9. The van der Waals surface area contributed by atoms with Gasteiger partial charge in [-0.25, -0.2) is 4.79 Å². The number of carboxylic acid groups (broad SMARTS) is 1. The van der Waals surface area contributed by atoms with E-state index in [1.807, 2.05) is 36.5 Å². The highest BCUT2D eigenvalue weighted by Gasteiger charge is 2.35. The van der Waals surface area contributed by atoms with Crippen molar-refractivity contribution >= 4 is 62.2 Å². The molecule has 0 fully saturated rings. The third-order valence-corrected chi connectivity index (χ3v) is 7.68. The van der Waals surface area contributed by atoms with Gasteiger partial charge in [0.05, 0.1) is 17.0 Å². The Labute approximate surface area is 210 Å². The number of aromatic nitrogens is 2. The Morgan fingerprint density at radius 1 is 1.26 bits per heavy atom. The van der Waals surface area contributed by atoms with Crippen molar-refractivity contribution in [1.29, 1.82) is 0 Å². The second kappa shape index (κ2) is 9.43. The Balaban J connectivity index is 1.37. The van der Waals surface area contributed by atoms with Crippen LogP contribution in [0.25, 0.3) is 21.8 Å². The van der Waals surface area contributed by atoms with Gasteiger partial charge in [0, 0.05) is 39.8 Å². The van der Waals surface area contributed by atoms with Gasteiger partial charge in [-0.2, -0.15) is 12.6 Å². The van der Waals surface area contributed by atoms with Gasteiger partial charge in [0.1, 0.15) is 6.04 Å². The average molecular weight is 538 g/mol. The highest BCUT2D eigenvalue weighted by atomic mass is 79.9. The van der Waals surface area contributed by atoms with Gasteiger partial charge in [0.15, 0.2) is 0 Å². The first-order chi connectivity index (χ1) is 16.5. The number of H-pyrrole nitrogens is 1. The fourth-order valence-corrected chi connectivity index (χ4v) is 5.92. The second-order valence-electron chi connectivity index (χ2n) is 8.76. The molecule has 0 radical (unpaired) electrons. The topological polar surface area (TPSA) is 95.1 Å². The highest BCUT2D eigenvalue weighted by molar-refractivity contribution is 9.10. The lowest BCUT2D eigenvalue weighted by molar-refractivity contribution is -0.142. The zero-order chi connectivity index (χ0) is 23.8. The highest BCUT2D eigenvalue weighted by Crippen LogP contribution is 2.40. The molecular weight excluding hydrogens is 514 g/mol. The molecule has 2 aromatic carbocycles. The molecular formula is C26H24BrN3O3S. The summed E-state index contributed by atoms with van der Waals surface area (Å²) in [5.41, 5.74) is 4.91. The number of nitrogens with one attached hydrogen (secondary N) is 2. The molecule has 6 nitrogen and oxygen atoms in total. The van der Waals surface area contributed by atoms with E-state index in [0.717, 1.165) is 50.2 Å². The molecule has 0 spiro atoms. The quantitative estimate of drug-likeness (QED) is 0.253. The zero-order valence-electron chi connectivity index (χ0n) is 18.3. The van der Waals surface area contributed by atoms with E-state index in [-0.39, 0.29) is 18.2 Å². The van der Waals surface area contributed by atoms with Gasteiger partial charge in [-0.3, -0.25) is 9.78 Å². The van der Waals surface area contributed by atoms with Crippen LogP contribution in [0.1, 0.15) is 29.0 Å². The number of thiol groups is 1. The maximum atomic E-state index is 13.3. The summed E-state index contributed by atoms with van der Waals surface area (Å²) in [5.74, 6) is -1.35. The molecule has 0 bridgehead atoms. The minimum atomic E-state index is -1.06. The number of benzene rings is 2. The molecule has 4 aromatic rings. The number of hydrogen-bond acceptors (Lipinski definition) is 4. The van der Waals surface area contributed by atoms with E-state index in [1.54, 1.807) is 6.20 Å². The van der Waals surface area contributed by atoms with Crippen molar-refractivity contribution in [3.63, 3.8) is 0 Å². The summed E-state index contributed by atoms with van der Waals surface area (Å²) in [6.07, 6.45) is 5.47. The van der Waals surface area contributed by atoms with Crippen LogP contribution < -0.4 is 5.32 Å². The van der Waals surface area contributed by atoms with Gasteiger partial charge in [-0.1, -0.05) is 40.2 Å². The molecule has 0 saturated heterocycles. The molecule has 1 aliphatic rings. The molecule has 0 aliphatic heterocycles. The lowest BCUT2D eigenvalue weighted by atomic mass is 9.87. The molecule has 174 valence electrons. The average Bonchev–Trinajstić information content (AvgIpc) is 3.43. The fraction of sp³-hybridized carbons (Fsp3) is 0.269. The van der Waals surface area contributed by atoms with Gasteiger partial charge >= 0.3 is 5.97 Å². The lowest BCUT2D eigenvalue weighted by Crippen LogP contribution is -2.46. The fourth-order valence-electron chi connectivity index (χ4n) is 5.09. The molecule has 0 saturated carbocycles. The normalized spacial score (nSPS) is 16.9. The summed E-state index contributed by atoms with van der Waals surface area (Å²) in [6.45, 7) is 0. The van der Waals surface area contributed by atoms with Gasteiger partial charge in [0.25, 0.3) is 0 Å². The second-order valence-corrected chi connectivity index (χ2v) is 10.0. The van der Waals surface area contributed by atoms with Crippen molar-refractivity contribution in [3.05, 3.63) is 76.0 Å². The number of carbonyl (C=O) groups excluding carboxylic acids is 1. The van der Waals surface area contributed by atoms with E-state index in [9.17, 15) is 14.7 Å². The van der Waals surface area contributed by atoms with Crippen LogP contribution in [-0.2, 0) is 22.4 Å². The molecule has 1 amide bonds. The van der Waals surface area contributed by atoms with Crippen LogP contribution in [0.5, 0.6) is 0 Å². The molecule has 2 heterocycles. The third-order valence-electron chi connectivity index (χ3n) is 6.80. The van der Waals surface area contributed by atoms with Gasteiger partial charge in [-0.05, 0) is 53.6 Å². The van der Waals surface area contributed by atoms with E-state index >= 15 is 0 Å². The van der Waals surface area contributed by atoms with E-state index < -0.39 is 17.9 Å². The van der Waals surface area contributed by atoms with Crippen LogP contribution in [0.15, 0.2) is 59.3 Å². The number of pyridine rings is 1. The molecule has 5 rings (SSSR count). The van der Waals surface area contributed by atoms with E-state index in [0.29, 0.717) is 5.75 Å². The van der Waals surface area contributed by atoms with E-state index in [1.165, 1.54) is 5.56 Å². The maximum Gasteiger partial charge on any atom is 0.326 e. The Morgan fingerprint density at radius 2 is 2.12 bits per heavy atom. The molecule has 2 aromatic heterocycles. The molecule has 3 atom stereocenters. The lowest BCUT2D eigenvalue weighted by Gasteiger charge is -2.24. The minimum Gasteiger partial charge on any atom is -0.480 e. The number of fused-ring (bicyclic) bond motifs is 4. The van der Waals surface area contributed by atoms with Crippen LogP contribution in [-0.4, -0.2) is 38.7 Å². The van der Waals surface area contributed by atoms with Gasteiger partial charge in [0.2, 0.25) is 5.91 Å². The number of aliphatic carboxylic acids is 1. The van der Waals surface area contributed by atoms with Crippen molar-refractivity contribution in [3.8, 4) is 0 Å². The van der Waals surface area contributed by atoms with E-state index in [4.69, 9.17) is 0 Å². The van der Waals surface area contributed by atoms with Crippen molar-refractivity contribution in [2.24, 2.45) is 5.92 Å². The van der Waals surface area contributed by atoms with Gasteiger partial charge < -0.3 is 15.4 Å². The summed E-state index contributed by atoms with van der Waals surface area (Å²) >= 11 is 7.97. The number of carbonyl (C=O) groups is 2. The number of aryl methyl sites for hydroxylation is 1. The number of carboxylic acids is 1. The Bertz CT molecular complexity index is 1400. The molecule has 34 heavy (non-hydrogen) atoms. The summed E-state index contributed by atoms with van der Waals surface area (Å²) in [5, 5.41) is 14.6. The largest absolute Gasteiger partial charge is 0.480 e. The Morgan fingerprint density at radius 3 is 2.91 bits per heavy atom. The smallest absolute Gasteiger partial charge is 0.326 e. The first-order valence-electron chi connectivity index (χ1n) is 11.2. The Kier molecular flexibility index (Phi) is 6.36.